The second-order valence-corrected chi connectivity index (χ2v) is 6.48. The van der Waals surface area contributed by atoms with E-state index in [-0.39, 0.29) is 5.97 Å². The number of nitrogens with one attached hydrogen (secondary N) is 2. The minimum atomic E-state index is -0.378. The minimum absolute atomic E-state index is 0.378. The molecule has 2 aromatic carbocycles. The van der Waals surface area contributed by atoms with E-state index in [4.69, 9.17) is 17.0 Å². The fourth-order valence-electron chi connectivity index (χ4n) is 3.00. The summed E-state index contributed by atoms with van der Waals surface area (Å²) in [7, 11) is 1.35. The van der Waals surface area contributed by atoms with Gasteiger partial charge in [0.1, 0.15) is 0 Å². The van der Waals surface area contributed by atoms with E-state index in [2.05, 4.69) is 20.6 Å². The first-order valence-corrected chi connectivity index (χ1v) is 8.94. The molecule has 7 heteroatoms. The number of esters is 1. The number of nitrogens with zero attached hydrogens (tertiary/aromatic N) is 2. The van der Waals surface area contributed by atoms with E-state index in [9.17, 15) is 4.79 Å². The maximum absolute atomic E-state index is 11.5. The predicted molar refractivity (Wildman–Crippen MR) is 115 cm³/mol. The van der Waals surface area contributed by atoms with E-state index in [0.29, 0.717) is 10.7 Å². The van der Waals surface area contributed by atoms with Crippen molar-refractivity contribution in [1.82, 2.24) is 9.97 Å². The number of carbonyl (C=O) groups excluding carboxylic acids is 1. The van der Waals surface area contributed by atoms with Gasteiger partial charge in [-0.05, 0) is 66.1 Å². The standard InChI is InChI=1S/C21H16N4O2S/c1-27-20(26)13-4-6-15(7-5-13)24-21(28)25-18-11-14-8-10-22-12-17(14)19-16(18)3-2-9-23-19/h2-12H,1H3,(H2,24,25,28). The Balaban J connectivity index is 1.60. The van der Waals surface area contributed by atoms with Crippen LogP contribution in [0.5, 0.6) is 0 Å². The summed E-state index contributed by atoms with van der Waals surface area (Å²) in [5, 5.41) is 9.76. The van der Waals surface area contributed by atoms with Gasteiger partial charge in [0, 0.05) is 35.1 Å². The van der Waals surface area contributed by atoms with Gasteiger partial charge in [-0.2, -0.15) is 0 Å². The average molecular weight is 388 g/mol. The van der Waals surface area contributed by atoms with Crippen LogP contribution in [0.25, 0.3) is 21.7 Å². The lowest BCUT2D eigenvalue weighted by Crippen LogP contribution is -2.19. The van der Waals surface area contributed by atoms with Gasteiger partial charge in [0.2, 0.25) is 0 Å². The number of methoxy groups -OCH3 is 1. The number of anilines is 2. The van der Waals surface area contributed by atoms with Crippen molar-refractivity contribution in [2.45, 2.75) is 0 Å². The Bertz CT molecular complexity index is 1190. The summed E-state index contributed by atoms with van der Waals surface area (Å²) in [6.07, 6.45) is 5.33. The molecule has 0 spiro atoms. The van der Waals surface area contributed by atoms with E-state index in [1.807, 2.05) is 30.5 Å². The number of pyridine rings is 2. The molecule has 0 aliphatic rings. The van der Waals surface area contributed by atoms with Crippen molar-refractivity contribution in [3.05, 3.63) is 72.7 Å². The number of hydrogen-bond donors (Lipinski definition) is 2. The molecule has 0 bridgehead atoms. The van der Waals surface area contributed by atoms with Gasteiger partial charge in [-0.3, -0.25) is 9.97 Å². The molecule has 0 atom stereocenters. The Labute approximate surface area is 166 Å². The Kier molecular flexibility index (Phi) is 4.82. The first-order chi connectivity index (χ1) is 13.7. The van der Waals surface area contributed by atoms with E-state index >= 15 is 0 Å². The molecule has 4 aromatic rings. The number of benzene rings is 2. The molecule has 0 unspecified atom stereocenters. The first-order valence-electron chi connectivity index (χ1n) is 8.53. The lowest BCUT2D eigenvalue weighted by atomic mass is 10.1. The first kappa shape index (κ1) is 17.8. The molecular weight excluding hydrogens is 372 g/mol. The van der Waals surface area contributed by atoms with E-state index in [0.717, 1.165) is 33.1 Å². The number of rotatable bonds is 3. The SMILES string of the molecule is COC(=O)c1ccc(NC(=S)Nc2cc3ccncc3c3ncccc23)cc1. The zero-order valence-electron chi connectivity index (χ0n) is 15.0. The summed E-state index contributed by atoms with van der Waals surface area (Å²) >= 11 is 5.46. The van der Waals surface area contributed by atoms with E-state index in [1.54, 1.807) is 36.7 Å². The molecular formula is C21H16N4O2S. The molecule has 2 heterocycles. The normalized spacial score (nSPS) is 10.6. The van der Waals surface area contributed by atoms with Gasteiger partial charge in [-0.15, -0.1) is 0 Å². The fraction of sp³-hybridized carbons (Fsp3) is 0.0476. The van der Waals surface area contributed by atoms with Crippen LogP contribution in [0.2, 0.25) is 0 Å². The zero-order valence-corrected chi connectivity index (χ0v) is 15.8. The molecule has 28 heavy (non-hydrogen) atoms. The van der Waals surface area contributed by atoms with Crippen LogP contribution in [-0.2, 0) is 4.74 Å². The number of carbonyl (C=O) groups is 1. The maximum Gasteiger partial charge on any atom is 0.337 e. The molecule has 0 radical (unpaired) electrons. The van der Waals surface area contributed by atoms with Crippen molar-refractivity contribution in [3.8, 4) is 0 Å². The monoisotopic (exact) mass is 388 g/mol. The number of aromatic nitrogens is 2. The van der Waals surface area contributed by atoms with Crippen molar-refractivity contribution < 1.29 is 9.53 Å². The van der Waals surface area contributed by atoms with Gasteiger partial charge >= 0.3 is 5.97 Å². The van der Waals surface area contributed by atoms with Crippen LogP contribution in [-0.4, -0.2) is 28.2 Å². The van der Waals surface area contributed by atoms with Crippen LogP contribution in [0.15, 0.2) is 67.1 Å². The van der Waals surface area contributed by atoms with Gasteiger partial charge in [0.15, 0.2) is 5.11 Å². The second kappa shape index (κ2) is 7.58. The predicted octanol–water partition coefficient (Wildman–Crippen LogP) is 4.38. The highest BCUT2D eigenvalue weighted by Crippen LogP contribution is 2.30. The van der Waals surface area contributed by atoms with Crippen molar-refractivity contribution in [2.75, 3.05) is 17.7 Å². The van der Waals surface area contributed by atoms with Crippen LogP contribution in [0.4, 0.5) is 11.4 Å². The summed E-state index contributed by atoms with van der Waals surface area (Å²) in [5.41, 5.74) is 2.95. The molecule has 0 aliphatic heterocycles. The second-order valence-electron chi connectivity index (χ2n) is 6.07. The van der Waals surface area contributed by atoms with Crippen molar-refractivity contribution >= 4 is 56.3 Å². The lowest BCUT2D eigenvalue weighted by molar-refractivity contribution is 0.0601. The maximum atomic E-state index is 11.5. The summed E-state index contributed by atoms with van der Waals surface area (Å²) in [4.78, 5) is 20.2. The molecule has 0 saturated carbocycles. The van der Waals surface area contributed by atoms with Crippen molar-refractivity contribution in [2.24, 2.45) is 0 Å². The smallest absolute Gasteiger partial charge is 0.337 e. The third-order valence-corrected chi connectivity index (χ3v) is 4.52. The molecule has 2 N–H and O–H groups in total. The topological polar surface area (TPSA) is 76.1 Å². The van der Waals surface area contributed by atoms with Crippen LogP contribution >= 0.6 is 12.2 Å². The molecule has 6 nitrogen and oxygen atoms in total. The van der Waals surface area contributed by atoms with Gasteiger partial charge in [-0.25, -0.2) is 4.79 Å². The van der Waals surface area contributed by atoms with Gasteiger partial charge < -0.3 is 15.4 Å². The Morgan fingerprint density at radius 3 is 2.64 bits per heavy atom. The Morgan fingerprint density at radius 1 is 1.04 bits per heavy atom. The average Bonchev–Trinajstić information content (AvgIpc) is 2.74. The summed E-state index contributed by atoms with van der Waals surface area (Å²) < 4.78 is 4.70. The molecule has 138 valence electrons. The van der Waals surface area contributed by atoms with Crippen LogP contribution in [0, 0.1) is 0 Å². The summed E-state index contributed by atoms with van der Waals surface area (Å²) in [6, 6.07) is 14.7. The molecule has 0 saturated heterocycles. The number of fused-ring (bicyclic) bond motifs is 3. The van der Waals surface area contributed by atoms with E-state index < -0.39 is 0 Å². The summed E-state index contributed by atoms with van der Waals surface area (Å²) in [6.45, 7) is 0. The highest BCUT2D eigenvalue weighted by atomic mass is 32.1. The number of thiocarbonyl (C=S) groups is 1. The van der Waals surface area contributed by atoms with Gasteiger partial charge in [0.25, 0.3) is 0 Å². The number of hydrogen-bond acceptors (Lipinski definition) is 5. The fourth-order valence-corrected chi connectivity index (χ4v) is 3.22. The summed E-state index contributed by atoms with van der Waals surface area (Å²) in [5.74, 6) is -0.378. The zero-order chi connectivity index (χ0) is 19.5. The van der Waals surface area contributed by atoms with Crippen LogP contribution in [0.1, 0.15) is 10.4 Å². The van der Waals surface area contributed by atoms with E-state index in [1.165, 1.54) is 7.11 Å². The van der Waals surface area contributed by atoms with Gasteiger partial charge in [-0.1, -0.05) is 0 Å². The van der Waals surface area contributed by atoms with Gasteiger partial charge in [0.05, 0.1) is 23.9 Å². The van der Waals surface area contributed by atoms with Crippen molar-refractivity contribution in [1.29, 1.82) is 0 Å². The van der Waals surface area contributed by atoms with Crippen LogP contribution in [0.3, 0.4) is 0 Å². The Morgan fingerprint density at radius 2 is 1.86 bits per heavy atom. The molecule has 4 rings (SSSR count). The highest BCUT2D eigenvalue weighted by molar-refractivity contribution is 7.80. The Hall–Kier alpha value is -3.58. The third-order valence-electron chi connectivity index (χ3n) is 4.32. The molecule has 0 aliphatic carbocycles. The van der Waals surface area contributed by atoms with Crippen molar-refractivity contribution in [3.63, 3.8) is 0 Å². The molecule has 0 amide bonds. The molecule has 0 fully saturated rings. The highest BCUT2D eigenvalue weighted by Gasteiger charge is 2.10. The molecule has 2 aromatic heterocycles. The number of ether oxygens (including phenoxy) is 1. The van der Waals surface area contributed by atoms with Crippen LogP contribution < -0.4 is 10.6 Å². The minimum Gasteiger partial charge on any atom is -0.465 e. The lowest BCUT2D eigenvalue weighted by Gasteiger charge is -2.14. The largest absolute Gasteiger partial charge is 0.465 e. The third kappa shape index (κ3) is 3.47. The quantitative estimate of drug-likeness (QED) is 0.306.